The van der Waals surface area contributed by atoms with E-state index in [0.717, 1.165) is 31.7 Å². The number of piperidine rings is 1. The van der Waals surface area contributed by atoms with Gasteiger partial charge in [0.25, 0.3) is 0 Å². The van der Waals surface area contributed by atoms with E-state index in [4.69, 9.17) is 4.74 Å². The van der Waals surface area contributed by atoms with Crippen LogP contribution in [0.3, 0.4) is 0 Å². The van der Waals surface area contributed by atoms with Crippen LogP contribution >= 0.6 is 0 Å². The van der Waals surface area contributed by atoms with Gasteiger partial charge in [-0.25, -0.2) is 0 Å². The minimum atomic E-state index is -0.948. The first-order valence-electron chi connectivity index (χ1n) is 7.76. The largest absolute Gasteiger partial charge is 0.487 e. The Morgan fingerprint density at radius 3 is 2.90 bits per heavy atom. The summed E-state index contributed by atoms with van der Waals surface area (Å²) in [4.78, 5) is 2.21. The summed E-state index contributed by atoms with van der Waals surface area (Å²) < 4.78 is 6.11. The predicted octanol–water partition coefficient (Wildman–Crippen LogP) is 1.72. The molecule has 1 atom stereocenters. The van der Waals surface area contributed by atoms with Crippen molar-refractivity contribution in [3.05, 3.63) is 29.3 Å². The summed E-state index contributed by atoms with van der Waals surface area (Å²) in [5, 5.41) is 19.6. The zero-order chi connectivity index (χ0) is 15.1. The molecule has 2 aliphatic rings. The number of nitrogens with zero attached hydrogens (tertiary/aromatic N) is 1. The van der Waals surface area contributed by atoms with Gasteiger partial charge in [-0.3, -0.25) is 4.90 Å². The maximum atomic E-state index is 10.3. The van der Waals surface area contributed by atoms with Crippen LogP contribution in [0, 0.1) is 0 Å². The molecule has 0 aromatic heterocycles. The number of hydrogen-bond acceptors (Lipinski definition) is 4. The molecule has 4 heteroatoms. The SMILES string of the molecule is CC1(C)Cc2cccc(CN3CCCC(O)(CO)C3)c2O1. The summed E-state index contributed by atoms with van der Waals surface area (Å²) in [6.45, 7) is 6.30. The summed E-state index contributed by atoms with van der Waals surface area (Å²) in [6, 6.07) is 6.32. The lowest BCUT2D eigenvalue weighted by Gasteiger charge is -2.38. The average Bonchev–Trinajstić information content (AvgIpc) is 2.74. The Hall–Kier alpha value is -1.10. The van der Waals surface area contributed by atoms with Crippen molar-refractivity contribution in [1.82, 2.24) is 4.90 Å². The molecule has 2 heterocycles. The van der Waals surface area contributed by atoms with Crippen LogP contribution in [0.15, 0.2) is 18.2 Å². The molecule has 1 aromatic rings. The van der Waals surface area contributed by atoms with E-state index in [2.05, 4.69) is 36.9 Å². The number of ether oxygens (including phenoxy) is 1. The molecule has 1 aromatic carbocycles. The first-order chi connectivity index (χ1) is 9.91. The number of aliphatic hydroxyl groups is 2. The maximum Gasteiger partial charge on any atom is 0.127 e. The van der Waals surface area contributed by atoms with Crippen LogP contribution in [0.5, 0.6) is 5.75 Å². The number of para-hydroxylation sites is 1. The topological polar surface area (TPSA) is 52.9 Å². The standard InChI is InChI=1S/C17H25NO3/c1-16(2)9-13-5-3-6-14(15(13)21-16)10-18-8-4-7-17(20,11-18)12-19/h3,5-6,19-20H,4,7-12H2,1-2H3. The van der Waals surface area contributed by atoms with Gasteiger partial charge in [0.15, 0.2) is 0 Å². The van der Waals surface area contributed by atoms with E-state index in [1.807, 2.05) is 0 Å². The van der Waals surface area contributed by atoms with Gasteiger partial charge in [-0.1, -0.05) is 18.2 Å². The third-order valence-corrected chi connectivity index (χ3v) is 4.50. The lowest BCUT2D eigenvalue weighted by Crippen LogP contribution is -2.50. The van der Waals surface area contributed by atoms with Crippen LogP contribution < -0.4 is 4.74 Å². The molecular weight excluding hydrogens is 266 g/mol. The molecule has 1 fully saturated rings. The number of likely N-dealkylation sites (tertiary alicyclic amines) is 1. The second kappa shape index (κ2) is 5.27. The van der Waals surface area contributed by atoms with Gasteiger partial charge >= 0.3 is 0 Å². The second-order valence-corrected chi connectivity index (χ2v) is 7.14. The summed E-state index contributed by atoms with van der Waals surface area (Å²) in [6.07, 6.45) is 2.53. The van der Waals surface area contributed by atoms with Crippen molar-refractivity contribution in [3.8, 4) is 5.75 Å². The summed E-state index contributed by atoms with van der Waals surface area (Å²) in [5.74, 6) is 1.01. The van der Waals surface area contributed by atoms with Crippen LogP contribution in [-0.2, 0) is 13.0 Å². The third-order valence-electron chi connectivity index (χ3n) is 4.50. The molecule has 0 bridgehead atoms. The zero-order valence-corrected chi connectivity index (χ0v) is 12.9. The monoisotopic (exact) mass is 291 g/mol. The highest BCUT2D eigenvalue weighted by molar-refractivity contribution is 5.45. The van der Waals surface area contributed by atoms with Crippen molar-refractivity contribution in [1.29, 1.82) is 0 Å². The number of fused-ring (bicyclic) bond motifs is 1. The fourth-order valence-corrected chi connectivity index (χ4v) is 3.51. The molecule has 0 radical (unpaired) electrons. The van der Waals surface area contributed by atoms with Crippen LogP contribution in [-0.4, -0.2) is 46.0 Å². The molecule has 0 aliphatic carbocycles. The summed E-state index contributed by atoms with van der Waals surface area (Å²) in [7, 11) is 0. The molecule has 1 saturated heterocycles. The lowest BCUT2D eigenvalue weighted by molar-refractivity contribution is -0.0688. The van der Waals surface area contributed by atoms with E-state index in [9.17, 15) is 10.2 Å². The molecule has 3 rings (SSSR count). The number of hydrogen-bond donors (Lipinski definition) is 2. The van der Waals surface area contributed by atoms with E-state index in [1.165, 1.54) is 11.1 Å². The highest BCUT2D eigenvalue weighted by Crippen LogP contribution is 2.38. The second-order valence-electron chi connectivity index (χ2n) is 7.14. The fourth-order valence-electron chi connectivity index (χ4n) is 3.51. The molecule has 2 N–H and O–H groups in total. The first-order valence-corrected chi connectivity index (χ1v) is 7.76. The van der Waals surface area contributed by atoms with Gasteiger partial charge in [-0.2, -0.15) is 0 Å². The molecule has 0 spiro atoms. The fraction of sp³-hybridized carbons (Fsp3) is 0.647. The Kier molecular flexibility index (Phi) is 3.72. The minimum absolute atomic E-state index is 0.133. The van der Waals surface area contributed by atoms with Crippen LogP contribution in [0.25, 0.3) is 0 Å². The molecule has 0 saturated carbocycles. The van der Waals surface area contributed by atoms with Crippen molar-refractivity contribution < 1.29 is 14.9 Å². The van der Waals surface area contributed by atoms with Gasteiger partial charge in [0.2, 0.25) is 0 Å². The van der Waals surface area contributed by atoms with Crippen molar-refractivity contribution in [2.75, 3.05) is 19.7 Å². The van der Waals surface area contributed by atoms with E-state index in [0.29, 0.717) is 13.0 Å². The normalized spacial score (nSPS) is 28.2. The number of benzene rings is 1. The number of β-amino-alcohol motifs (C(OH)–C–C–N with tert-alkyl or cyclic N) is 1. The van der Waals surface area contributed by atoms with Crippen LogP contribution in [0.1, 0.15) is 37.8 Å². The van der Waals surface area contributed by atoms with E-state index >= 15 is 0 Å². The van der Waals surface area contributed by atoms with Crippen molar-refractivity contribution >= 4 is 0 Å². The minimum Gasteiger partial charge on any atom is -0.487 e. The van der Waals surface area contributed by atoms with Gasteiger partial charge in [-0.05, 0) is 38.8 Å². The third kappa shape index (κ3) is 3.07. The quantitative estimate of drug-likeness (QED) is 0.890. The first kappa shape index (κ1) is 14.8. The number of aliphatic hydroxyl groups excluding tert-OH is 1. The Morgan fingerprint density at radius 2 is 2.14 bits per heavy atom. The van der Waals surface area contributed by atoms with E-state index in [-0.39, 0.29) is 12.2 Å². The number of rotatable bonds is 3. The predicted molar refractivity (Wildman–Crippen MR) is 81.4 cm³/mol. The average molecular weight is 291 g/mol. The van der Waals surface area contributed by atoms with Gasteiger partial charge in [0, 0.05) is 25.1 Å². The Bertz CT molecular complexity index is 529. The van der Waals surface area contributed by atoms with Crippen LogP contribution in [0.2, 0.25) is 0 Å². The molecule has 21 heavy (non-hydrogen) atoms. The molecule has 0 amide bonds. The van der Waals surface area contributed by atoms with E-state index < -0.39 is 5.60 Å². The lowest BCUT2D eigenvalue weighted by atomic mass is 9.93. The molecule has 2 aliphatic heterocycles. The molecule has 1 unspecified atom stereocenters. The molecule has 4 nitrogen and oxygen atoms in total. The summed E-state index contributed by atoms with van der Waals surface area (Å²) in [5.41, 5.74) is 1.37. The van der Waals surface area contributed by atoms with E-state index in [1.54, 1.807) is 0 Å². The highest BCUT2D eigenvalue weighted by atomic mass is 16.5. The Labute approximate surface area is 126 Å². The van der Waals surface area contributed by atoms with Gasteiger partial charge in [0.1, 0.15) is 17.0 Å². The smallest absolute Gasteiger partial charge is 0.127 e. The zero-order valence-electron chi connectivity index (χ0n) is 12.9. The van der Waals surface area contributed by atoms with Gasteiger partial charge < -0.3 is 14.9 Å². The summed E-state index contributed by atoms with van der Waals surface area (Å²) >= 11 is 0. The van der Waals surface area contributed by atoms with Crippen molar-refractivity contribution in [3.63, 3.8) is 0 Å². The maximum absolute atomic E-state index is 10.3. The molecule has 116 valence electrons. The van der Waals surface area contributed by atoms with Crippen molar-refractivity contribution in [2.45, 2.75) is 50.9 Å². The Balaban J connectivity index is 1.76. The molecular formula is C17H25NO3. The van der Waals surface area contributed by atoms with Crippen LogP contribution in [0.4, 0.5) is 0 Å². The Morgan fingerprint density at radius 1 is 1.33 bits per heavy atom. The van der Waals surface area contributed by atoms with Gasteiger partial charge in [-0.15, -0.1) is 0 Å². The highest BCUT2D eigenvalue weighted by Gasteiger charge is 2.35. The van der Waals surface area contributed by atoms with Gasteiger partial charge in [0.05, 0.1) is 6.61 Å². The van der Waals surface area contributed by atoms with Crippen molar-refractivity contribution in [2.24, 2.45) is 0 Å².